The van der Waals surface area contributed by atoms with Crippen molar-refractivity contribution >= 4 is 17.9 Å². The van der Waals surface area contributed by atoms with Gasteiger partial charge in [0, 0.05) is 19.3 Å². The molecule has 0 bridgehead atoms. The lowest BCUT2D eigenvalue weighted by Gasteiger charge is -2.52. The second kappa shape index (κ2) is 16.7. The number of carbonyl (C=O) groups excluding carboxylic acids is 1. The van der Waals surface area contributed by atoms with Gasteiger partial charge in [0.05, 0.1) is 12.5 Å². The number of carboxylic acid groups (broad SMARTS) is 3. The molecule has 2 N–H and O–H groups in total. The fraction of sp³-hybridized carbons (Fsp3) is 0.800. The minimum absolute atomic E-state index is 0.197. The van der Waals surface area contributed by atoms with Crippen molar-refractivity contribution in [1.82, 2.24) is 0 Å². The Morgan fingerprint density at radius 1 is 0.719 bits per heavy atom. The van der Waals surface area contributed by atoms with Gasteiger partial charge in [0.25, 0.3) is 0 Å². The third-order valence-electron chi connectivity index (χ3n) is 6.31. The standard InChI is InChI=1S/C25H45NO6/c1-5-9-10-11-12-13-14-15-19-26(20(16-6-2)23(27)28,21(17-7-3)24(29)30)22(18-8-4)25(31)32/h10-11,20-22H,5-9,12-19H2,1-4H3,(H2-,27,28,29,30,31,32)/b11-10+. The molecule has 3 unspecified atom stereocenters. The summed E-state index contributed by atoms with van der Waals surface area (Å²) in [6.07, 6.45) is 11.8. The molecule has 186 valence electrons. The maximum atomic E-state index is 12.4. The normalized spacial score (nSPS) is 16.4. The van der Waals surface area contributed by atoms with Crippen LogP contribution in [0.1, 0.15) is 105 Å². The zero-order chi connectivity index (χ0) is 24.6. The Balaban J connectivity index is 6.19. The molecule has 32 heavy (non-hydrogen) atoms. The molecule has 0 aliphatic heterocycles. The molecule has 0 aliphatic carbocycles. The number of unbranched alkanes of at least 4 members (excludes halogenated alkanes) is 4. The molecule has 0 aromatic carbocycles. The van der Waals surface area contributed by atoms with Gasteiger partial charge in [-0.05, 0) is 44.9 Å². The van der Waals surface area contributed by atoms with Gasteiger partial charge in [-0.15, -0.1) is 0 Å². The van der Waals surface area contributed by atoms with Gasteiger partial charge >= 0.3 is 11.9 Å². The zero-order valence-electron chi connectivity index (χ0n) is 20.6. The monoisotopic (exact) mass is 455 g/mol. The van der Waals surface area contributed by atoms with Gasteiger partial charge in [-0.3, -0.25) is 4.48 Å². The molecule has 0 aromatic rings. The van der Waals surface area contributed by atoms with Gasteiger partial charge in [-0.2, -0.15) is 0 Å². The summed E-state index contributed by atoms with van der Waals surface area (Å²) < 4.78 is -0.450. The number of carboxylic acids is 3. The Bertz CT molecular complexity index is 529. The average Bonchev–Trinajstić information content (AvgIpc) is 2.73. The van der Waals surface area contributed by atoms with Crippen molar-refractivity contribution < 1.29 is 34.2 Å². The predicted molar refractivity (Wildman–Crippen MR) is 124 cm³/mol. The molecule has 0 saturated carbocycles. The number of rotatable bonds is 20. The van der Waals surface area contributed by atoms with Crippen LogP contribution in [-0.2, 0) is 14.4 Å². The summed E-state index contributed by atoms with van der Waals surface area (Å²) in [7, 11) is 0. The third kappa shape index (κ3) is 8.93. The number of aliphatic carboxylic acids is 3. The van der Waals surface area contributed by atoms with E-state index in [9.17, 15) is 29.7 Å². The number of hydrogen-bond donors (Lipinski definition) is 2. The lowest BCUT2D eigenvalue weighted by Crippen LogP contribution is -2.74. The smallest absolute Gasteiger partial charge is 0.362 e. The quantitative estimate of drug-likeness (QED) is 0.162. The summed E-state index contributed by atoms with van der Waals surface area (Å²) in [5, 5.41) is 32.6. The number of carbonyl (C=O) groups is 3. The summed E-state index contributed by atoms with van der Waals surface area (Å²) in [6, 6.07) is -3.34. The van der Waals surface area contributed by atoms with Gasteiger partial charge in [0.15, 0.2) is 12.1 Å². The second-order valence-electron chi connectivity index (χ2n) is 8.74. The zero-order valence-corrected chi connectivity index (χ0v) is 20.6. The van der Waals surface area contributed by atoms with Crippen LogP contribution in [0, 0.1) is 0 Å². The summed E-state index contributed by atoms with van der Waals surface area (Å²) in [5.41, 5.74) is 0. The summed E-state index contributed by atoms with van der Waals surface area (Å²) >= 11 is 0. The fourth-order valence-corrected chi connectivity index (χ4v) is 4.86. The van der Waals surface area contributed by atoms with Crippen molar-refractivity contribution in [2.24, 2.45) is 0 Å². The average molecular weight is 456 g/mol. The highest BCUT2D eigenvalue weighted by molar-refractivity contribution is 5.77. The van der Waals surface area contributed by atoms with Gasteiger partial charge in [-0.1, -0.05) is 52.7 Å². The summed E-state index contributed by atoms with van der Waals surface area (Å²) in [6.45, 7) is 7.85. The van der Waals surface area contributed by atoms with Crippen LogP contribution in [0.2, 0.25) is 0 Å². The van der Waals surface area contributed by atoms with E-state index in [0.717, 1.165) is 32.1 Å². The minimum Gasteiger partial charge on any atom is -0.544 e. The SMILES string of the molecule is CCC/C=C/CCCCC[N+](C(CCC)C(=O)[O-])(C(CCC)C(=O)O)C(CCC)C(=O)O. The number of nitrogens with zero attached hydrogens (tertiary/aromatic N) is 1. The second-order valence-corrected chi connectivity index (χ2v) is 8.74. The molecule has 0 heterocycles. The lowest BCUT2D eigenvalue weighted by atomic mass is 9.91. The van der Waals surface area contributed by atoms with Gasteiger partial charge < -0.3 is 20.1 Å². The Hall–Kier alpha value is -1.89. The van der Waals surface area contributed by atoms with E-state index in [2.05, 4.69) is 19.1 Å². The molecule has 0 fully saturated rings. The van der Waals surface area contributed by atoms with Crippen LogP contribution < -0.4 is 5.11 Å². The largest absolute Gasteiger partial charge is 0.544 e. The lowest BCUT2D eigenvalue weighted by molar-refractivity contribution is -0.975. The third-order valence-corrected chi connectivity index (χ3v) is 6.31. The van der Waals surface area contributed by atoms with E-state index >= 15 is 0 Å². The first-order valence-corrected chi connectivity index (χ1v) is 12.4. The molecule has 0 spiro atoms. The first-order chi connectivity index (χ1) is 15.2. The highest BCUT2D eigenvalue weighted by Gasteiger charge is 2.54. The molecule has 7 heteroatoms. The van der Waals surface area contributed by atoms with E-state index in [4.69, 9.17) is 0 Å². The first kappa shape index (κ1) is 30.1. The van der Waals surface area contributed by atoms with Crippen LogP contribution >= 0.6 is 0 Å². The summed E-state index contributed by atoms with van der Waals surface area (Å²) in [5.74, 6) is -3.60. The van der Waals surface area contributed by atoms with Gasteiger partial charge in [-0.25, -0.2) is 9.59 Å². The van der Waals surface area contributed by atoms with Crippen molar-refractivity contribution in [2.75, 3.05) is 6.54 Å². The van der Waals surface area contributed by atoms with E-state index in [1.54, 1.807) is 0 Å². The molecular weight excluding hydrogens is 410 g/mol. The van der Waals surface area contributed by atoms with Crippen LogP contribution in [0.3, 0.4) is 0 Å². The van der Waals surface area contributed by atoms with Crippen LogP contribution in [0.5, 0.6) is 0 Å². The van der Waals surface area contributed by atoms with Crippen molar-refractivity contribution in [1.29, 1.82) is 0 Å². The van der Waals surface area contributed by atoms with Gasteiger partial charge in [0.2, 0.25) is 0 Å². The molecule has 0 amide bonds. The van der Waals surface area contributed by atoms with E-state index in [0.29, 0.717) is 25.7 Å². The maximum absolute atomic E-state index is 12.4. The molecule has 0 saturated heterocycles. The highest BCUT2D eigenvalue weighted by atomic mass is 16.4. The molecule has 3 atom stereocenters. The van der Waals surface area contributed by atoms with Crippen LogP contribution in [0.15, 0.2) is 12.2 Å². The van der Waals surface area contributed by atoms with E-state index in [1.807, 2.05) is 20.8 Å². The fourth-order valence-electron chi connectivity index (χ4n) is 4.86. The Labute approximate surface area is 194 Å². The molecule has 0 aromatic heterocycles. The highest BCUT2D eigenvalue weighted by Crippen LogP contribution is 2.34. The van der Waals surface area contributed by atoms with E-state index in [1.165, 1.54) is 0 Å². The Morgan fingerprint density at radius 2 is 1.19 bits per heavy atom. The van der Waals surface area contributed by atoms with Crippen molar-refractivity contribution in [2.45, 2.75) is 123 Å². The van der Waals surface area contributed by atoms with E-state index < -0.39 is 40.5 Å². The first-order valence-electron chi connectivity index (χ1n) is 12.4. The maximum Gasteiger partial charge on any atom is 0.362 e. The minimum atomic E-state index is -1.35. The topological polar surface area (TPSA) is 115 Å². The number of quaternary nitrogens is 1. The van der Waals surface area contributed by atoms with Crippen molar-refractivity contribution in [3.05, 3.63) is 12.2 Å². The molecule has 7 nitrogen and oxygen atoms in total. The Kier molecular flexibility index (Phi) is 15.7. The number of hydrogen-bond acceptors (Lipinski definition) is 4. The number of allylic oxidation sites excluding steroid dienone is 2. The van der Waals surface area contributed by atoms with Crippen LogP contribution in [-0.4, -0.2) is 57.3 Å². The van der Waals surface area contributed by atoms with Gasteiger partial charge in [0.1, 0.15) is 6.04 Å². The predicted octanol–water partition coefficient (Wildman–Crippen LogP) is 4.15. The molecule has 0 radical (unpaired) electrons. The van der Waals surface area contributed by atoms with Crippen molar-refractivity contribution in [3.63, 3.8) is 0 Å². The van der Waals surface area contributed by atoms with Crippen LogP contribution in [0.4, 0.5) is 0 Å². The molecular formula is C25H45NO6. The molecule has 0 aliphatic rings. The van der Waals surface area contributed by atoms with Crippen LogP contribution in [0.25, 0.3) is 0 Å². The van der Waals surface area contributed by atoms with Crippen molar-refractivity contribution in [3.8, 4) is 0 Å². The summed E-state index contributed by atoms with van der Waals surface area (Å²) in [4.78, 5) is 37.1. The molecule has 0 rings (SSSR count). The van der Waals surface area contributed by atoms with E-state index in [-0.39, 0.29) is 25.8 Å². The Morgan fingerprint density at radius 3 is 1.59 bits per heavy atom.